The van der Waals surface area contributed by atoms with Crippen molar-refractivity contribution in [1.82, 2.24) is 10.3 Å². The van der Waals surface area contributed by atoms with Crippen molar-refractivity contribution >= 4 is 34.5 Å². The van der Waals surface area contributed by atoms with Gasteiger partial charge in [-0.05, 0) is 30.3 Å². The number of pyridine rings is 1. The molecule has 0 aliphatic carbocycles. The molecule has 1 heterocycles. The average Bonchev–Trinajstić information content (AvgIpc) is 2.79. The SMILES string of the molecule is O=C(C=Cc1c(F)c(F)c(F)c(F)c1F)N[C@@H](CO)C(=O)Nc1ccc2ncccc2c1. The van der Waals surface area contributed by atoms with Gasteiger partial charge in [0.05, 0.1) is 17.7 Å². The van der Waals surface area contributed by atoms with E-state index in [0.717, 1.165) is 5.39 Å². The van der Waals surface area contributed by atoms with Crippen LogP contribution in [0.3, 0.4) is 0 Å². The van der Waals surface area contributed by atoms with E-state index in [0.29, 0.717) is 23.4 Å². The fourth-order valence-electron chi connectivity index (χ4n) is 2.72. The van der Waals surface area contributed by atoms with Gasteiger partial charge in [0.25, 0.3) is 0 Å². The topological polar surface area (TPSA) is 91.3 Å². The summed E-state index contributed by atoms with van der Waals surface area (Å²) in [6.07, 6.45) is 2.43. The molecule has 0 spiro atoms. The van der Waals surface area contributed by atoms with Gasteiger partial charge >= 0.3 is 0 Å². The van der Waals surface area contributed by atoms with E-state index in [1.807, 2.05) is 0 Å². The fraction of sp³-hybridized carbons (Fsp3) is 0.0952. The van der Waals surface area contributed by atoms with E-state index < -0.39 is 59.1 Å². The zero-order valence-electron chi connectivity index (χ0n) is 16.0. The van der Waals surface area contributed by atoms with Crippen LogP contribution in [0.15, 0.2) is 42.6 Å². The number of fused-ring (bicyclic) bond motifs is 1. The quantitative estimate of drug-likeness (QED) is 0.233. The number of anilines is 1. The van der Waals surface area contributed by atoms with Gasteiger partial charge in [-0.3, -0.25) is 14.6 Å². The molecule has 0 unspecified atom stereocenters. The Labute approximate surface area is 177 Å². The smallest absolute Gasteiger partial charge is 0.249 e. The number of rotatable bonds is 6. The molecule has 3 aromatic rings. The molecule has 0 saturated heterocycles. The van der Waals surface area contributed by atoms with E-state index >= 15 is 0 Å². The van der Waals surface area contributed by atoms with Gasteiger partial charge in [-0.25, -0.2) is 22.0 Å². The van der Waals surface area contributed by atoms with Crippen LogP contribution >= 0.6 is 0 Å². The lowest BCUT2D eigenvalue weighted by Crippen LogP contribution is -2.45. The summed E-state index contributed by atoms with van der Waals surface area (Å²) in [5.41, 5.74) is -0.303. The molecule has 2 amide bonds. The van der Waals surface area contributed by atoms with E-state index in [4.69, 9.17) is 0 Å². The maximum absolute atomic E-state index is 13.7. The van der Waals surface area contributed by atoms with E-state index in [9.17, 15) is 36.6 Å². The van der Waals surface area contributed by atoms with Crippen molar-refractivity contribution in [2.75, 3.05) is 11.9 Å². The number of hydrogen-bond acceptors (Lipinski definition) is 4. The summed E-state index contributed by atoms with van der Waals surface area (Å²) in [5.74, 6) is -12.8. The Kier molecular flexibility index (Phi) is 6.79. The standard InChI is InChI=1S/C21H14F5N3O3/c22-16-12(17(23)19(25)20(26)18(16)24)4-6-15(31)29-14(9-30)21(32)28-11-3-5-13-10(8-11)2-1-7-27-13/h1-8,14,30H,9H2,(H,28,32)(H,29,31)/t14-/m0/s1. The van der Waals surface area contributed by atoms with Crippen LogP contribution in [0.4, 0.5) is 27.6 Å². The summed E-state index contributed by atoms with van der Waals surface area (Å²) in [4.78, 5) is 28.4. The molecule has 0 aliphatic heterocycles. The second-order valence-electron chi connectivity index (χ2n) is 6.46. The van der Waals surface area contributed by atoms with Crippen molar-refractivity contribution < 1.29 is 36.6 Å². The first kappa shape index (κ1) is 22.8. The molecule has 0 radical (unpaired) electrons. The molecule has 0 fully saturated rings. The highest BCUT2D eigenvalue weighted by Gasteiger charge is 2.25. The Morgan fingerprint density at radius 1 is 1.00 bits per heavy atom. The number of aliphatic hydroxyl groups is 1. The minimum atomic E-state index is -2.33. The Balaban J connectivity index is 1.71. The van der Waals surface area contributed by atoms with E-state index in [-0.39, 0.29) is 0 Å². The molecule has 32 heavy (non-hydrogen) atoms. The van der Waals surface area contributed by atoms with Crippen molar-refractivity contribution in [3.05, 3.63) is 77.3 Å². The van der Waals surface area contributed by atoms with Gasteiger partial charge < -0.3 is 15.7 Å². The van der Waals surface area contributed by atoms with E-state index in [2.05, 4.69) is 15.6 Å². The van der Waals surface area contributed by atoms with E-state index in [1.165, 1.54) is 0 Å². The highest BCUT2D eigenvalue weighted by molar-refractivity contribution is 6.01. The summed E-state index contributed by atoms with van der Waals surface area (Å²) in [5, 5.41) is 14.7. The van der Waals surface area contributed by atoms with Crippen molar-refractivity contribution in [3.63, 3.8) is 0 Å². The number of nitrogens with one attached hydrogen (secondary N) is 2. The minimum absolute atomic E-state index is 0.347. The van der Waals surface area contributed by atoms with Crippen LogP contribution < -0.4 is 10.6 Å². The highest BCUT2D eigenvalue weighted by atomic mass is 19.2. The van der Waals surface area contributed by atoms with Crippen LogP contribution in [0, 0.1) is 29.1 Å². The normalized spacial score (nSPS) is 12.2. The van der Waals surface area contributed by atoms with Crippen LogP contribution in [-0.2, 0) is 9.59 Å². The summed E-state index contributed by atoms with van der Waals surface area (Å²) in [6, 6.07) is 6.79. The molecule has 0 bridgehead atoms. The Bertz CT molecular complexity index is 1200. The number of benzene rings is 2. The van der Waals surface area contributed by atoms with Gasteiger partial charge in [0.1, 0.15) is 6.04 Å². The number of carbonyl (C=O) groups is 2. The maximum atomic E-state index is 13.7. The Morgan fingerprint density at radius 3 is 2.31 bits per heavy atom. The first-order valence-electron chi connectivity index (χ1n) is 8.99. The maximum Gasteiger partial charge on any atom is 0.249 e. The first-order chi connectivity index (χ1) is 15.2. The van der Waals surface area contributed by atoms with Crippen molar-refractivity contribution in [2.24, 2.45) is 0 Å². The lowest BCUT2D eigenvalue weighted by molar-refractivity contribution is -0.124. The third kappa shape index (κ3) is 4.72. The molecular weight excluding hydrogens is 437 g/mol. The molecule has 2 aromatic carbocycles. The molecule has 1 atom stereocenters. The lowest BCUT2D eigenvalue weighted by Gasteiger charge is -2.15. The third-order valence-electron chi connectivity index (χ3n) is 4.33. The number of nitrogens with zero attached hydrogens (tertiary/aromatic N) is 1. The molecule has 166 valence electrons. The fourth-order valence-corrected chi connectivity index (χ4v) is 2.72. The summed E-state index contributed by atoms with van der Waals surface area (Å²) in [7, 11) is 0. The number of aliphatic hydroxyl groups excluding tert-OH is 1. The van der Waals surface area contributed by atoms with Crippen LogP contribution in [0.5, 0.6) is 0 Å². The third-order valence-corrected chi connectivity index (χ3v) is 4.33. The second kappa shape index (κ2) is 9.52. The van der Waals surface area contributed by atoms with Gasteiger partial charge in [-0.2, -0.15) is 0 Å². The molecule has 1 aromatic heterocycles. The average molecular weight is 451 g/mol. The molecule has 0 aliphatic rings. The van der Waals surface area contributed by atoms with Gasteiger partial charge in [0.2, 0.25) is 17.6 Å². The molecule has 0 saturated carbocycles. The molecule has 11 heteroatoms. The summed E-state index contributed by atoms with van der Waals surface area (Å²) in [6.45, 7) is -0.830. The monoisotopic (exact) mass is 451 g/mol. The van der Waals surface area contributed by atoms with Gasteiger partial charge in [0, 0.05) is 23.3 Å². The molecule has 3 rings (SSSR count). The second-order valence-corrected chi connectivity index (χ2v) is 6.46. The van der Waals surface area contributed by atoms with Crippen molar-refractivity contribution in [3.8, 4) is 0 Å². The number of carbonyl (C=O) groups excluding carboxylic acids is 2. The van der Waals surface area contributed by atoms with Crippen molar-refractivity contribution in [2.45, 2.75) is 6.04 Å². The summed E-state index contributed by atoms with van der Waals surface area (Å²) >= 11 is 0. The highest BCUT2D eigenvalue weighted by Crippen LogP contribution is 2.24. The number of hydrogen-bond donors (Lipinski definition) is 3. The summed E-state index contributed by atoms with van der Waals surface area (Å²) < 4.78 is 66.8. The molecule has 6 nitrogen and oxygen atoms in total. The van der Waals surface area contributed by atoms with Crippen LogP contribution in [-0.4, -0.2) is 34.6 Å². The zero-order chi connectivity index (χ0) is 23.4. The Hall–Kier alpha value is -3.86. The molecule has 3 N–H and O–H groups in total. The van der Waals surface area contributed by atoms with Crippen LogP contribution in [0.2, 0.25) is 0 Å². The molecular formula is C21H14F5N3O3. The Morgan fingerprint density at radius 2 is 1.66 bits per heavy atom. The van der Waals surface area contributed by atoms with Gasteiger partial charge in [-0.1, -0.05) is 6.07 Å². The largest absolute Gasteiger partial charge is 0.394 e. The number of aromatic nitrogens is 1. The van der Waals surface area contributed by atoms with Crippen molar-refractivity contribution in [1.29, 1.82) is 0 Å². The lowest BCUT2D eigenvalue weighted by atomic mass is 10.1. The van der Waals surface area contributed by atoms with Crippen LogP contribution in [0.25, 0.3) is 17.0 Å². The van der Waals surface area contributed by atoms with Crippen LogP contribution in [0.1, 0.15) is 5.56 Å². The predicted octanol–water partition coefficient (Wildman–Crippen LogP) is 3.06. The minimum Gasteiger partial charge on any atom is -0.394 e. The zero-order valence-corrected chi connectivity index (χ0v) is 16.0. The number of amides is 2. The van der Waals surface area contributed by atoms with E-state index in [1.54, 1.807) is 36.5 Å². The predicted molar refractivity (Wildman–Crippen MR) is 105 cm³/mol. The first-order valence-corrected chi connectivity index (χ1v) is 8.99. The number of halogens is 5. The van der Waals surface area contributed by atoms with Gasteiger partial charge in [0.15, 0.2) is 23.3 Å². The van der Waals surface area contributed by atoms with Gasteiger partial charge in [-0.15, -0.1) is 0 Å².